The molecule has 0 aliphatic rings. The van der Waals surface area contributed by atoms with Crippen molar-refractivity contribution in [3.63, 3.8) is 0 Å². The molecule has 42 heavy (non-hydrogen) atoms. The average Bonchev–Trinajstić information content (AvgIpc) is 3.59. The predicted molar refractivity (Wildman–Crippen MR) is 181 cm³/mol. The summed E-state index contributed by atoms with van der Waals surface area (Å²) in [6, 6.07) is 0.424. The van der Waals surface area contributed by atoms with E-state index in [-0.39, 0.29) is 0 Å². The van der Waals surface area contributed by atoms with E-state index in [0.29, 0.717) is 17.9 Å². The first-order chi connectivity index (χ1) is 19.4. The molecule has 3 aromatic rings. The fourth-order valence-electron chi connectivity index (χ4n) is 2.32. The fourth-order valence-corrected chi connectivity index (χ4v) is 2.32. The quantitative estimate of drug-likeness (QED) is 0.284. The summed E-state index contributed by atoms with van der Waals surface area (Å²) in [5.74, 6) is 3.63. The van der Waals surface area contributed by atoms with Gasteiger partial charge in [-0.3, -0.25) is 9.36 Å². The molecule has 9 heteroatoms. The van der Waals surface area contributed by atoms with Gasteiger partial charge in [-0.25, -0.2) is 4.68 Å². The fraction of sp³-hybridized carbons (Fsp3) is 0.818. The van der Waals surface area contributed by atoms with Gasteiger partial charge in [0, 0.05) is 37.7 Å². The van der Waals surface area contributed by atoms with Crippen molar-refractivity contribution in [1.82, 2.24) is 45.0 Å². The molecule has 0 saturated heterocycles. The van der Waals surface area contributed by atoms with Crippen LogP contribution < -0.4 is 0 Å². The van der Waals surface area contributed by atoms with E-state index in [2.05, 4.69) is 149 Å². The standard InChI is InChI=1S/3C7H13N3.3C4H10/c1-6(2)4-10-5-7(3)8-9-10;1-4-10-5-7(6(2)3)8-9-10;1-4-7-5-10(6(2)3)9-8-7;3*1-4(2)3/h3*5-6H,4H2,1-3H3;3*4H,1-3H3. The van der Waals surface area contributed by atoms with Crippen molar-refractivity contribution in [1.29, 1.82) is 0 Å². The Hall–Kier alpha value is -2.58. The molecule has 0 saturated carbocycles. The van der Waals surface area contributed by atoms with Crippen LogP contribution in [-0.2, 0) is 19.5 Å². The Morgan fingerprint density at radius 3 is 1.31 bits per heavy atom. The first-order valence-corrected chi connectivity index (χ1v) is 16.0. The lowest BCUT2D eigenvalue weighted by Crippen LogP contribution is -2.04. The van der Waals surface area contributed by atoms with Crippen LogP contribution in [0.2, 0.25) is 0 Å². The molecule has 9 nitrogen and oxygen atoms in total. The van der Waals surface area contributed by atoms with Crippen LogP contribution in [0.5, 0.6) is 0 Å². The zero-order valence-electron chi connectivity index (χ0n) is 30.8. The Labute approximate surface area is 260 Å². The SMILES string of the molecule is CC(C)C.CC(C)C.CC(C)C.CCc1cn(C(C)C)nn1.CCn1cc(C(C)C)nn1.Cc1cn(CC(C)C)nn1. The smallest absolute Gasteiger partial charge is 0.0852 e. The number of nitrogens with zero attached hydrogens (tertiary/aromatic N) is 9. The van der Waals surface area contributed by atoms with E-state index < -0.39 is 0 Å². The summed E-state index contributed by atoms with van der Waals surface area (Å²) < 4.78 is 5.59. The lowest BCUT2D eigenvalue weighted by Gasteiger charge is -2.01. The second-order valence-corrected chi connectivity index (χ2v) is 13.5. The first-order valence-electron chi connectivity index (χ1n) is 16.0. The molecule has 0 aromatic carbocycles. The van der Waals surface area contributed by atoms with Gasteiger partial charge in [-0.05, 0) is 63.7 Å². The van der Waals surface area contributed by atoms with Gasteiger partial charge in [0.25, 0.3) is 0 Å². The Morgan fingerprint density at radius 2 is 1.07 bits per heavy atom. The van der Waals surface area contributed by atoms with Crippen molar-refractivity contribution in [2.75, 3.05) is 0 Å². The summed E-state index contributed by atoms with van der Waals surface area (Å²) >= 11 is 0. The average molecular weight is 592 g/mol. The molecule has 0 fully saturated rings. The maximum atomic E-state index is 4.00. The third kappa shape index (κ3) is 30.4. The maximum absolute atomic E-state index is 4.00. The molecule has 3 rings (SSSR count). The van der Waals surface area contributed by atoms with E-state index in [9.17, 15) is 0 Å². The van der Waals surface area contributed by atoms with Crippen LogP contribution in [0.25, 0.3) is 0 Å². The van der Waals surface area contributed by atoms with Gasteiger partial charge in [0.1, 0.15) is 0 Å². The minimum absolute atomic E-state index is 0.424. The summed E-state index contributed by atoms with van der Waals surface area (Å²) in [6.07, 6.45) is 6.90. The topological polar surface area (TPSA) is 92.1 Å². The maximum Gasteiger partial charge on any atom is 0.0852 e. The molecule has 0 atom stereocenters. The third-order valence-corrected chi connectivity index (χ3v) is 4.13. The zero-order valence-corrected chi connectivity index (χ0v) is 30.8. The van der Waals surface area contributed by atoms with Crippen LogP contribution in [0.4, 0.5) is 0 Å². The van der Waals surface area contributed by atoms with Gasteiger partial charge in [0.05, 0.1) is 17.1 Å². The third-order valence-electron chi connectivity index (χ3n) is 4.13. The highest BCUT2D eigenvalue weighted by molar-refractivity contribution is 4.97. The van der Waals surface area contributed by atoms with Crippen LogP contribution in [0.3, 0.4) is 0 Å². The number of aryl methyl sites for hydroxylation is 3. The Kier molecular flexibility index (Phi) is 27.2. The molecule has 0 aliphatic heterocycles. The van der Waals surface area contributed by atoms with Crippen molar-refractivity contribution in [2.24, 2.45) is 23.7 Å². The van der Waals surface area contributed by atoms with Gasteiger partial charge in [-0.2, -0.15) is 0 Å². The molecule has 0 unspecified atom stereocenters. The van der Waals surface area contributed by atoms with Gasteiger partial charge in [0.15, 0.2) is 0 Å². The molecule has 0 aliphatic carbocycles. The van der Waals surface area contributed by atoms with Crippen LogP contribution >= 0.6 is 0 Å². The number of hydrogen-bond acceptors (Lipinski definition) is 6. The molecule has 0 N–H and O–H groups in total. The highest BCUT2D eigenvalue weighted by atomic mass is 15.4. The Bertz CT molecular complexity index is 895. The largest absolute Gasteiger partial charge is 0.253 e. The van der Waals surface area contributed by atoms with E-state index in [1.807, 2.05) is 39.6 Å². The van der Waals surface area contributed by atoms with Gasteiger partial charge < -0.3 is 0 Å². The van der Waals surface area contributed by atoms with E-state index >= 15 is 0 Å². The molecule has 0 amide bonds. The van der Waals surface area contributed by atoms with Gasteiger partial charge in [0.2, 0.25) is 0 Å². The summed E-state index contributed by atoms with van der Waals surface area (Å²) in [7, 11) is 0. The first kappa shape index (κ1) is 43.9. The van der Waals surface area contributed by atoms with Crippen molar-refractivity contribution in [3.05, 3.63) is 35.7 Å². The van der Waals surface area contributed by atoms with Crippen LogP contribution in [-0.4, -0.2) is 45.0 Å². The molecular formula is C33H69N9. The van der Waals surface area contributed by atoms with Crippen molar-refractivity contribution >= 4 is 0 Å². The van der Waals surface area contributed by atoms with Gasteiger partial charge >= 0.3 is 0 Å². The minimum Gasteiger partial charge on any atom is -0.253 e. The molecule has 0 bridgehead atoms. The van der Waals surface area contributed by atoms with Gasteiger partial charge in [-0.15, -0.1) is 15.3 Å². The van der Waals surface area contributed by atoms with Crippen molar-refractivity contribution in [3.8, 4) is 0 Å². The highest BCUT2D eigenvalue weighted by Crippen LogP contribution is 2.08. The van der Waals surface area contributed by atoms with Crippen LogP contribution in [0.1, 0.15) is 147 Å². The highest BCUT2D eigenvalue weighted by Gasteiger charge is 2.02. The second-order valence-electron chi connectivity index (χ2n) is 13.5. The van der Waals surface area contributed by atoms with E-state index in [1.54, 1.807) is 0 Å². The predicted octanol–water partition coefficient (Wildman–Crippen LogP) is 9.07. The van der Waals surface area contributed by atoms with E-state index in [0.717, 1.165) is 54.3 Å². The minimum atomic E-state index is 0.424. The van der Waals surface area contributed by atoms with E-state index in [1.165, 1.54) is 0 Å². The molecule has 3 aromatic heterocycles. The number of rotatable bonds is 6. The molecule has 0 spiro atoms. The second kappa shape index (κ2) is 26.1. The van der Waals surface area contributed by atoms with Gasteiger partial charge in [-0.1, -0.05) is 113 Å². The van der Waals surface area contributed by atoms with Crippen LogP contribution in [0.15, 0.2) is 18.6 Å². The zero-order chi connectivity index (χ0) is 33.4. The molecular weight excluding hydrogens is 522 g/mol. The monoisotopic (exact) mass is 592 g/mol. The lowest BCUT2D eigenvalue weighted by atomic mass is 10.2. The lowest BCUT2D eigenvalue weighted by molar-refractivity contribution is 0.472. The summed E-state index contributed by atoms with van der Waals surface area (Å²) in [4.78, 5) is 0. The summed E-state index contributed by atoms with van der Waals surface area (Å²) in [5, 5.41) is 23.6. The number of hydrogen-bond donors (Lipinski definition) is 0. The number of aromatic nitrogens is 9. The van der Waals surface area contributed by atoms with Crippen molar-refractivity contribution in [2.45, 2.75) is 156 Å². The molecule has 0 radical (unpaired) electrons. The molecule has 3 heterocycles. The summed E-state index contributed by atoms with van der Waals surface area (Å²) in [5.41, 5.74) is 3.12. The Balaban J connectivity index is -0.000000458. The normalized spacial score (nSPS) is 10.3. The van der Waals surface area contributed by atoms with Crippen molar-refractivity contribution < 1.29 is 0 Å². The Morgan fingerprint density at radius 1 is 0.595 bits per heavy atom. The summed E-state index contributed by atoms with van der Waals surface area (Å²) in [6.45, 7) is 40.2. The van der Waals surface area contributed by atoms with Crippen LogP contribution in [0, 0.1) is 30.6 Å². The van der Waals surface area contributed by atoms with E-state index in [4.69, 9.17) is 0 Å². The molecule has 246 valence electrons.